The lowest BCUT2D eigenvalue weighted by Gasteiger charge is -2.26. The van der Waals surface area contributed by atoms with Gasteiger partial charge in [0.15, 0.2) is 6.61 Å². The van der Waals surface area contributed by atoms with E-state index in [1.807, 2.05) is 17.1 Å². The normalized spacial score (nSPS) is 21.7. The summed E-state index contributed by atoms with van der Waals surface area (Å²) in [5.74, 6) is -0.495. The van der Waals surface area contributed by atoms with Crippen molar-refractivity contribution in [3.63, 3.8) is 0 Å². The standard InChI is InChI=1S/C26H31ClN2O4/c1-2-20-10-5-3-6-11-21(28-33-19-25(30)29-15-7-4-8-16-29)18-23-22(12-9-13-24(23)27)26(31)32-17-14-20/h2,6,9-13H,1,3-5,7-8,14-19H2/b11-6+,20-10+,28-21-. The van der Waals surface area contributed by atoms with Crippen LogP contribution >= 0.6 is 11.6 Å². The summed E-state index contributed by atoms with van der Waals surface area (Å²) in [6.07, 6.45) is 13.5. The summed E-state index contributed by atoms with van der Waals surface area (Å²) >= 11 is 6.44. The Morgan fingerprint density at radius 1 is 1.24 bits per heavy atom. The number of likely N-dealkylation sites (tertiary alicyclic amines) is 1. The number of allylic oxidation sites excluding steroid dienone is 4. The summed E-state index contributed by atoms with van der Waals surface area (Å²) in [5.41, 5.74) is 2.63. The van der Waals surface area contributed by atoms with Crippen LogP contribution in [0.3, 0.4) is 0 Å². The maximum atomic E-state index is 12.7. The number of hydrogen-bond acceptors (Lipinski definition) is 5. The molecule has 7 heteroatoms. The first-order valence-electron chi connectivity index (χ1n) is 11.5. The van der Waals surface area contributed by atoms with Gasteiger partial charge in [0.25, 0.3) is 5.91 Å². The average molecular weight is 471 g/mol. The van der Waals surface area contributed by atoms with Gasteiger partial charge in [-0.05, 0) is 61.4 Å². The van der Waals surface area contributed by atoms with Crippen molar-refractivity contribution in [2.75, 3.05) is 26.3 Å². The van der Waals surface area contributed by atoms with E-state index in [9.17, 15) is 9.59 Å². The van der Waals surface area contributed by atoms with Crippen LogP contribution in [0.1, 0.15) is 54.4 Å². The number of carbonyl (C=O) groups excluding carboxylic acids is 2. The highest BCUT2D eigenvalue weighted by atomic mass is 35.5. The quantitative estimate of drug-likeness (QED) is 0.443. The van der Waals surface area contributed by atoms with Crippen LogP contribution < -0.4 is 0 Å². The molecule has 0 saturated carbocycles. The molecule has 2 aliphatic rings. The Balaban J connectivity index is 1.80. The van der Waals surface area contributed by atoms with E-state index in [1.165, 1.54) is 0 Å². The Labute approximate surface area is 200 Å². The van der Waals surface area contributed by atoms with Gasteiger partial charge in [-0.3, -0.25) is 4.79 Å². The molecule has 1 aromatic rings. The van der Waals surface area contributed by atoms with Crippen LogP contribution in [0, 0.1) is 0 Å². The van der Waals surface area contributed by atoms with Crippen molar-refractivity contribution in [2.45, 2.75) is 44.9 Å². The molecule has 0 aliphatic carbocycles. The lowest BCUT2D eigenvalue weighted by atomic mass is 10.0. The minimum Gasteiger partial charge on any atom is -0.462 e. The van der Waals surface area contributed by atoms with Gasteiger partial charge >= 0.3 is 5.97 Å². The summed E-state index contributed by atoms with van der Waals surface area (Å²) in [6, 6.07) is 5.15. The first-order chi connectivity index (χ1) is 16.1. The Morgan fingerprint density at radius 3 is 2.85 bits per heavy atom. The van der Waals surface area contributed by atoms with Gasteiger partial charge in [-0.25, -0.2) is 4.79 Å². The van der Waals surface area contributed by atoms with Crippen molar-refractivity contribution in [3.05, 3.63) is 70.8 Å². The van der Waals surface area contributed by atoms with Crippen molar-refractivity contribution in [1.82, 2.24) is 4.90 Å². The lowest BCUT2D eigenvalue weighted by Crippen LogP contribution is -2.37. The van der Waals surface area contributed by atoms with E-state index in [2.05, 4.69) is 17.8 Å². The zero-order valence-corrected chi connectivity index (χ0v) is 19.7. The van der Waals surface area contributed by atoms with Gasteiger partial charge < -0.3 is 14.5 Å². The third-order valence-electron chi connectivity index (χ3n) is 5.71. The molecule has 0 radical (unpaired) electrons. The first-order valence-corrected chi connectivity index (χ1v) is 11.9. The number of amides is 1. The minimum atomic E-state index is -0.433. The highest BCUT2D eigenvalue weighted by Gasteiger charge is 2.19. The molecule has 0 N–H and O–H groups in total. The molecule has 2 aliphatic heterocycles. The SMILES string of the molecule is C=C/C1=C\CC/C=C/C(=N/OCC(=O)N2CCCCC2)Cc2c(Cl)cccc2C(=O)OCC1. The number of esters is 1. The number of ether oxygens (including phenoxy) is 1. The van der Waals surface area contributed by atoms with Crippen LogP contribution in [-0.2, 0) is 20.8 Å². The molecule has 1 fully saturated rings. The number of halogens is 1. The fourth-order valence-corrected chi connectivity index (χ4v) is 4.09. The molecular weight excluding hydrogens is 440 g/mol. The molecule has 33 heavy (non-hydrogen) atoms. The summed E-state index contributed by atoms with van der Waals surface area (Å²) in [7, 11) is 0. The van der Waals surface area contributed by atoms with Gasteiger partial charge in [0, 0.05) is 31.0 Å². The van der Waals surface area contributed by atoms with Gasteiger partial charge in [-0.1, -0.05) is 47.6 Å². The number of piperidine rings is 1. The number of fused-ring (bicyclic) bond motifs is 1. The Morgan fingerprint density at radius 2 is 2.06 bits per heavy atom. The van der Waals surface area contributed by atoms with E-state index in [4.69, 9.17) is 21.2 Å². The molecule has 1 amide bonds. The second kappa shape index (κ2) is 13.0. The first kappa shape index (κ1) is 24.8. The molecular formula is C26H31ClN2O4. The predicted molar refractivity (Wildman–Crippen MR) is 131 cm³/mol. The topological polar surface area (TPSA) is 68.2 Å². The van der Waals surface area contributed by atoms with Crippen LogP contribution in [0.5, 0.6) is 0 Å². The number of oxime groups is 1. The average Bonchev–Trinajstić information content (AvgIpc) is 2.83. The second-order valence-electron chi connectivity index (χ2n) is 8.09. The molecule has 0 spiro atoms. The van der Waals surface area contributed by atoms with Gasteiger partial charge in [0.1, 0.15) is 0 Å². The lowest BCUT2D eigenvalue weighted by molar-refractivity contribution is -0.137. The number of carbonyl (C=O) groups is 2. The fourth-order valence-electron chi connectivity index (χ4n) is 3.85. The number of cyclic esters (lactones) is 1. The zero-order valence-electron chi connectivity index (χ0n) is 18.9. The van der Waals surface area contributed by atoms with Crippen LogP contribution in [0.4, 0.5) is 0 Å². The summed E-state index contributed by atoms with van der Waals surface area (Å²) in [6.45, 7) is 5.53. The summed E-state index contributed by atoms with van der Waals surface area (Å²) in [4.78, 5) is 32.4. The van der Waals surface area contributed by atoms with Crippen LogP contribution in [0.15, 0.2) is 59.8 Å². The van der Waals surface area contributed by atoms with Gasteiger partial charge in [-0.15, -0.1) is 0 Å². The van der Waals surface area contributed by atoms with Gasteiger partial charge in [0.05, 0.1) is 17.9 Å². The van der Waals surface area contributed by atoms with Crippen molar-refractivity contribution in [2.24, 2.45) is 5.16 Å². The maximum absolute atomic E-state index is 12.7. The largest absolute Gasteiger partial charge is 0.462 e. The third-order valence-corrected chi connectivity index (χ3v) is 6.07. The summed E-state index contributed by atoms with van der Waals surface area (Å²) < 4.78 is 5.49. The highest BCUT2D eigenvalue weighted by molar-refractivity contribution is 6.32. The smallest absolute Gasteiger partial charge is 0.338 e. The Hall–Kier alpha value is -2.86. The number of rotatable bonds is 4. The molecule has 1 aromatic carbocycles. The zero-order chi connectivity index (χ0) is 23.5. The third kappa shape index (κ3) is 7.60. The molecule has 0 bridgehead atoms. The van der Waals surface area contributed by atoms with Crippen molar-refractivity contribution < 1.29 is 19.2 Å². The Kier molecular flexibility index (Phi) is 9.76. The molecule has 2 heterocycles. The monoisotopic (exact) mass is 470 g/mol. The van der Waals surface area contributed by atoms with Crippen LogP contribution in [-0.4, -0.2) is 48.8 Å². The predicted octanol–water partition coefficient (Wildman–Crippen LogP) is 5.28. The fraction of sp³-hybridized carbons (Fsp3) is 0.423. The van der Waals surface area contributed by atoms with E-state index in [-0.39, 0.29) is 25.5 Å². The number of nitrogens with zero attached hydrogens (tertiary/aromatic N) is 2. The minimum absolute atomic E-state index is 0.0620. The number of benzene rings is 1. The van der Waals surface area contributed by atoms with Crippen molar-refractivity contribution in [3.8, 4) is 0 Å². The molecule has 0 atom stereocenters. The van der Waals surface area contributed by atoms with E-state index in [0.29, 0.717) is 28.3 Å². The van der Waals surface area contributed by atoms with Crippen molar-refractivity contribution in [1.29, 1.82) is 0 Å². The van der Waals surface area contributed by atoms with Gasteiger partial charge in [0.2, 0.25) is 0 Å². The molecule has 176 valence electrons. The molecule has 0 aromatic heterocycles. The molecule has 3 rings (SSSR count). The van der Waals surface area contributed by atoms with E-state index < -0.39 is 5.97 Å². The van der Waals surface area contributed by atoms with E-state index in [1.54, 1.807) is 24.3 Å². The van der Waals surface area contributed by atoms with Crippen LogP contribution in [0.2, 0.25) is 5.02 Å². The number of hydrogen-bond donors (Lipinski definition) is 0. The molecule has 0 unspecified atom stereocenters. The second-order valence-corrected chi connectivity index (χ2v) is 8.50. The summed E-state index contributed by atoms with van der Waals surface area (Å²) in [5, 5.41) is 4.68. The van der Waals surface area contributed by atoms with Crippen molar-refractivity contribution >= 4 is 29.2 Å². The highest BCUT2D eigenvalue weighted by Crippen LogP contribution is 2.23. The van der Waals surface area contributed by atoms with Gasteiger partial charge in [-0.2, -0.15) is 0 Å². The molecule has 1 saturated heterocycles. The Bertz CT molecular complexity index is 946. The van der Waals surface area contributed by atoms with E-state index >= 15 is 0 Å². The van der Waals surface area contributed by atoms with E-state index in [0.717, 1.165) is 50.8 Å². The maximum Gasteiger partial charge on any atom is 0.338 e. The molecule has 6 nitrogen and oxygen atoms in total. The van der Waals surface area contributed by atoms with Crippen LogP contribution in [0.25, 0.3) is 0 Å².